The fourth-order valence-corrected chi connectivity index (χ4v) is 5.18. The van der Waals surface area contributed by atoms with Crippen LogP contribution in [-0.2, 0) is 9.53 Å². The van der Waals surface area contributed by atoms with Crippen molar-refractivity contribution in [3.05, 3.63) is 43.6 Å². The van der Waals surface area contributed by atoms with Gasteiger partial charge in [-0.2, -0.15) is 0 Å². The average molecular weight is 581 g/mol. The predicted octanol–water partition coefficient (Wildman–Crippen LogP) is 0.604. The SMILES string of the molecule is CCOc1c(C(=O)NCC2CN(CC3CCN(C(=O)CO)CC3)CCO2)c2oc(=O)ccc(=O)oc1c(N)c2Cl. The number of halogens is 1. The number of nitrogens with two attached hydrogens (primary N) is 1. The van der Waals surface area contributed by atoms with Crippen LogP contribution in [0, 0.1) is 5.92 Å². The molecule has 0 aliphatic carbocycles. The second-order valence-electron chi connectivity index (χ2n) is 9.64. The Hall–Kier alpha value is -3.39. The molecule has 2 aliphatic rings. The summed E-state index contributed by atoms with van der Waals surface area (Å²) in [6, 6.07) is 1.72. The summed E-state index contributed by atoms with van der Waals surface area (Å²) in [5.74, 6) is -0.692. The van der Waals surface area contributed by atoms with E-state index in [1.807, 2.05) is 0 Å². The molecular weight excluding hydrogens is 548 g/mol. The highest BCUT2D eigenvalue weighted by atomic mass is 35.5. The summed E-state index contributed by atoms with van der Waals surface area (Å²) >= 11 is 6.35. The standard InChI is InChI=1S/C26H33ClN4O9/c1-2-37-24-20(23-21(27)22(28)25(24)40-19(35)4-3-18(34)39-23)26(36)29-11-16-13-30(9-10-38-16)12-15-5-7-31(8-6-15)17(33)14-32/h3-4,15-16,32H,2,5-14,28H2,1H3,(H,29,36). The number of anilines is 1. The van der Waals surface area contributed by atoms with Crippen molar-refractivity contribution in [2.24, 2.45) is 5.92 Å². The Kier molecular flexibility index (Phi) is 9.85. The van der Waals surface area contributed by atoms with Gasteiger partial charge in [0.1, 0.15) is 22.9 Å². The lowest BCUT2D eigenvalue weighted by Gasteiger charge is -2.38. The van der Waals surface area contributed by atoms with Crippen LogP contribution in [0.25, 0.3) is 11.2 Å². The highest BCUT2D eigenvalue weighted by Gasteiger charge is 2.30. The molecule has 2 aromatic heterocycles. The minimum atomic E-state index is -0.956. The molecule has 40 heavy (non-hydrogen) atoms. The maximum Gasteiger partial charge on any atom is 0.336 e. The van der Waals surface area contributed by atoms with E-state index in [4.69, 9.17) is 40.7 Å². The van der Waals surface area contributed by atoms with Crippen LogP contribution in [0.5, 0.6) is 5.75 Å². The molecule has 2 aliphatic heterocycles. The number of hydrogen-bond acceptors (Lipinski definition) is 11. The predicted molar refractivity (Wildman–Crippen MR) is 145 cm³/mol. The maximum absolute atomic E-state index is 13.5. The molecule has 0 radical (unpaired) electrons. The third kappa shape index (κ3) is 6.84. The summed E-state index contributed by atoms with van der Waals surface area (Å²) < 4.78 is 22.1. The molecule has 0 spiro atoms. The summed E-state index contributed by atoms with van der Waals surface area (Å²) in [6.45, 7) is 5.29. The number of piperidine rings is 1. The Bertz CT molecular complexity index is 1380. The number of hydrogen-bond donors (Lipinski definition) is 3. The van der Waals surface area contributed by atoms with Gasteiger partial charge in [0.25, 0.3) is 5.91 Å². The smallest absolute Gasteiger partial charge is 0.336 e. The van der Waals surface area contributed by atoms with E-state index in [1.54, 1.807) is 11.8 Å². The van der Waals surface area contributed by atoms with Gasteiger partial charge in [0.05, 0.1) is 19.3 Å². The second-order valence-corrected chi connectivity index (χ2v) is 10.0. The molecular formula is C26H33ClN4O9. The van der Waals surface area contributed by atoms with Crippen molar-refractivity contribution >= 4 is 40.3 Å². The molecule has 5 rings (SSSR count). The molecule has 218 valence electrons. The van der Waals surface area contributed by atoms with E-state index in [1.165, 1.54) is 0 Å². The van der Waals surface area contributed by atoms with Crippen molar-refractivity contribution in [1.82, 2.24) is 15.1 Å². The number of likely N-dealkylation sites (tertiary alicyclic amines) is 1. The van der Waals surface area contributed by atoms with Crippen LogP contribution in [0.1, 0.15) is 30.1 Å². The van der Waals surface area contributed by atoms with E-state index in [0.29, 0.717) is 32.2 Å². The average Bonchev–Trinajstić information content (AvgIpc) is 2.95. The van der Waals surface area contributed by atoms with Crippen molar-refractivity contribution < 1.29 is 33.0 Å². The van der Waals surface area contributed by atoms with Gasteiger partial charge in [0.2, 0.25) is 5.91 Å². The highest BCUT2D eigenvalue weighted by molar-refractivity contribution is 6.38. The highest BCUT2D eigenvalue weighted by Crippen LogP contribution is 2.39. The molecule has 4 N–H and O–H groups in total. The number of aliphatic hydroxyl groups is 1. The minimum Gasteiger partial charge on any atom is -0.489 e. The van der Waals surface area contributed by atoms with Crippen molar-refractivity contribution in [1.29, 1.82) is 0 Å². The first-order chi connectivity index (χ1) is 19.2. The number of nitrogens with zero attached hydrogens (tertiary/aromatic N) is 2. The summed E-state index contributed by atoms with van der Waals surface area (Å²) in [7, 11) is 0. The molecule has 2 fully saturated rings. The van der Waals surface area contributed by atoms with Crippen molar-refractivity contribution in [2.45, 2.75) is 25.9 Å². The Balaban J connectivity index is 1.49. The van der Waals surface area contributed by atoms with Gasteiger partial charge in [-0.25, -0.2) is 9.59 Å². The van der Waals surface area contributed by atoms with Crippen molar-refractivity contribution in [2.75, 3.05) is 64.8 Å². The molecule has 1 aromatic carbocycles. The molecule has 13 nitrogen and oxygen atoms in total. The summed E-state index contributed by atoms with van der Waals surface area (Å²) in [4.78, 5) is 53.6. The number of rotatable bonds is 8. The van der Waals surface area contributed by atoms with E-state index in [0.717, 1.165) is 38.1 Å². The summed E-state index contributed by atoms with van der Waals surface area (Å²) in [6.07, 6.45) is 1.39. The number of ether oxygens (including phenoxy) is 2. The number of amides is 2. The van der Waals surface area contributed by atoms with Crippen molar-refractivity contribution in [3.8, 4) is 5.75 Å². The second kappa shape index (κ2) is 13.3. The maximum atomic E-state index is 13.5. The number of nitrogens with one attached hydrogen (secondary N) is 1. The number of fused-ring (bicyclic) bond motifs is 7. The van der Waals surface area contributed by atoms with Gasteiger partial charge in [0.15, 0.2) is 16.9 Å². The first-order valence-corrected chi connectivity index (χ1v) is 13.5. The van der Waals surface area contributed by atoms with Crippen LogP contribution < -0.4 is 27.0 Å². The summed E-state index contributed by atoms with van der Waals surface area (Å²) in [5.41, 5.74) is 3.16. The monoisotopic (exact) mass is 580 g/mol. The Morgan fingerprint density at radius 2 is 1.82 bits per heavy atom. The molecule has 3 aromatic rings. The molecule has 1 atom stereocenters. The van der Waals surface area contributed by atoms with Crippen LogP contribution >= 0.6 is 11.6 Å². The lowest BCUT2D eigenvalue weighted by molar-refractivity contribution is -0.135. The number of aliphatic hydroxyl groups excluding tert-OH is 1. The van der Waals surface area contributed by atoms with Gasteiger partial charge < -0.3 is 39.4 Å². The van der Waals surface area contributed by atoms with E-state index in [2.05, 4.69) is 10.2 Å². The summed E-state index contributed by atoms with van der Waals surface area (Å²) in [5, 5.41) is 11.6. The van der Waals surface area contributed by atoms with Gasteiger partial charge in [-0.05, 0) is 25.7 Å². The minimum absolute atomic E-state index is 0.0862. The number of carbonyl (C=O) groups excluding carboxylic acids is 2. The van der Waals surface area contributed by atoms with Gasteiger partial charge >= 0.3 is 11.3 Å². The third-order valence-electron chi connectivity index (χ3n) is 6.95. The molecule has 2 bridgehead atoms. The normalized spacial score (nSPS) is 18.5. The molecule has 1 unspecified atom stereocenters. The van der Waals surface area contributed by atoms with E-state index >= 15 is 0 Å². The lowest BCUT2D eigenvalue weighted by atomic mass is 9.96. The molecule has 14 heteroatoms. The van der Waals surface area contributed by atoms with Crippen LogP contribution in [0.3, 0.4) is 0 Å². The molecule has 2 saturated heterocycles. The first-order valence-electron chi connectivity index (χ1n) is 13.1. The zero-order chi connectivity index (χ0) is 28.8. The van der Waals surface area contributed by atoms with Crippen LogP contribution in [0.4, 0.5) is 5.69 Å². The van der Waals surface area contributed by atoms with E-state index in [-0.39, 0.29) is 58.4 Å². The zero-order valence-corrected chi connectivity index (χ0v) is 22.9. The third-order valence-corrected chi connectivity index (χ3v) is 7.32. The Morgan fingerprint density at radius 1 is 1.15 bits per heavy atom. The largest absolute Gasteiger partial charge is 0.489 e. The molecule has 0 saturated carbocycles. The molecule has 4 heterocycles. The Morgan fingerprint density at radius 3 is 2.48 bits per heavy atom. The van der Waals surface area contributed by atoms with Crippen LogP contribution in [0.15, 0.2) is 30.6 Å². The van der Waals surface area contributed by atoms with E-state index < -0.39 is 23.8 Å². The topological polar surface area (TPSA) is 178 Å². The Labute approximate surface area is 234 Å². The zero-order valence-electron chi connectivity index (χ0n) is 22.2. The quantitative estimate of drug-likeness (QED) is 0.372. The van der Waals surface area contributed by atoms with Gasteiger partial charge in [-0.1, -0.05) is 11.6 Å². The number of morpholine rings is 1. The fraction of sp³-hybridized carbons (Fsp3) is 0.538. The fourth-order valence-electron chi connectivity index (χ4n) is 4.96. The number of benzene rings is 1. The number of carbonyl (C=O) groups is 2. The van der Waals surface area contributed by atoms with Crippen LogP contribution in [0.2, 0.25) is 5.02 Å². The van der Waals surface area contributed by atoms with Gasteiger partial charge in [0, 0.05) is 51.4 Å². The molecule has 2 amide bonds. The van der Waals surface area contributed by atoms with Crippen molar-refractivity contribution in [3.63, 3.8) is 0 Å². The number of nitrogen functional groups attached to an aromatic ring is 1. The first kappa shape index (κ1) is 29.6. The van der Waals surface area contributed by atoms with Gasteiger partial charge in [-0.15, -0.1) is 0 Å². The van der Waals surface area contributed by atoms with Crippen LogP contribution in [-0.4, -0.2) is 91.9 Å². The van der Waals surface area contributed by atoms with E-state index in [9.17, 15) is 19.2 Å². The lowest BCUT2D eigenvalue weighted by Crippen LogP contribution is -2.50. The van der Waals surface area contributed by atoms with Gasteiger partial charge in [-0.3, -0.25) is 14.5 Å².